The van der Waals surface area contributed by atoms with Crippen LogP contribution in [0.1, 0.15) is 56.2 Å². The van der Waals surface area contributed by atoms with Crippen molar-refractivity contribution in [3.8, 4) is 11.5 Å². The van der Waals surface area contributed by atoms with Gasteiger partial charge in [0, 0.05) is 30.3 Å². The van der Waals surface area contributed by atoms with Gasteiger partial charge in [-0.1, -0.05) is 0 Å². The number of nitrogens with one attached hydrogen (secondary N) is 1. The summed E-state index contributed by atoms with van der Waals surface area (Å²) >= 11 is 0. The predicted octanol–water partition coefficient (Wildman–Crippen LogP) is 2.65. The lowest BCUT2D eigenvalue weighted by Crippen LogP contribution is -2.33. The van der Waals surface area contributed by atoms with Gasteiger partial charge in [0.25, 0.3) is 5.91 Å². The number of carbonyl (C=O) groups is 1. The fraction of sp³-hybridized carbons (Fsp3) is 0.565. The van der Waals surface area contributed by atoms with Gasteiger partial charge in [-0.05, 0) is 64.4 Å². The molecule has 7 heteroatoms. The Morgan fingerprint density at radius 3 is 2.73 bits per heavy atom. The summed E-state index contributed by atoms with van der Waals surface area (Å²) in [6.07, 6.45) is 5.54. The zero-order valence-electron chi connectivity index (χ0n) is 17.6. The molecule has 0 saturated carbocycles. The Balaban J connectivity index is 1.77. The summed E-state index contributed by atoms with van der Waals surface area (Å²) in [5, 5.41) is 12.4. The van der Waals surface area contributed by atoms with Crippen molar-refractivity contribution in [2.45, 2.75) is 64.4 Å². The number of fused-ring (bicyclic) bond motifs is 5. The maximum Gasteiger partial charge on any atom is 0.339 e. The van der Waals surface area contributed by atoms with Crippen LogP contribution >= 0.6 is 0 Å². The van der Waals surface area contributed by atoms with Crippen LogP contribution in [0.2, 0.25) is 0 Å². The highest BCUT2D eigenvalue weighted by Gasteiger charge is 2.32. The van der Waals surface area contributed by atoms with Gasteiger partial charge in [0.2, 0.25) is 0 Å². The van der Waals surface area contributed by atoms with E-state index in [1.807, 2.05) is 19.9 Å². The van der Waals surface area contributed by atoms with Gasteiger partial charge in [-0.25, -0.2) is 4.79 Å². The van der Waals surface area contributed by atoms with E-state index in [2.05, 4.69) is 5.32 Å². The molecule has 0 fully saturated rings. The number of aliphatic hydroxyl groups excluding tert-OH is 1. The van der Waals surface area contributed by atoms with Crippen molar-refractivity contribution in [2.75, 3.05) is 19.8 Å². The highest BCUT2D eigenvalue weighted by atomic mass is 16.5. The van der Waals surface area contributed by atoms with Gasteiger partial charge < -0.3 is 24.3 Å². The number of ether oxygens (including phenoxy) is 2. The number of aryl methyl sites for hydroxylation is 2. The molecule has 1 aliphatic heterocycles. The standard InChI is InChI=1S/C23H29NO6/c1-23(2)9-8-16-17(30-23)12-18(28-13-19(26)24-10-5-11-25)20-14-6-3-4-7-15(14)22(27)29-21(16)20/h12,25H,3-11,13H2,1-2H3,(H,24,26). The predicted molar refractivity (Wildman–Crippen MR) is 112 cm³/mol. The Bertz CT molecular complexity index is 1020. The maximum absolute atomic E-state index is 12.7. The zero-order valence-corrected chi connectivity index (χ0v) is 17.6. The van der Waals surface area contributed by atoms with Gasteiger partial charge in [-0.15, -0.1) is 0 Å². The number of hydrogen-bond acceptors (Lipinski definition) is 6. The Hall–Kier alpha value is -2.54. The molecule has 0 atom stereocenters. The molecule has 162 valence electrons. The normalized spacial score (nSPS) is 17.0. The first-order chi connectivity index (χ1) is 14.4. The Kier molecular flexibility index (Phi) is 5.73. The first-order valence-corrected chi connectivity index (χ1v) is 10.7. The Morgan fingerprint density at radius 1 is 1.20 bits per heavy atom. The van der Waals surface area contributed by atoms with Gasteiger partial charge in [0.15, 0.2) is 6.61 Å². The van der Waals surface area contributed by atoms with Crippen LogP contribution in [0.4, 0.5) is 0 Å². The van der Waals surface area contributed by atoms with Crippen LogP contribution in [0, 0.1) is 0 Å². The molecule has 1 aromatic carbocycles. The molecule has 7 nitrogen and oxygen atoms in total. The van der Waals surface area contributed by atoms with Crippen LogP contribution in [0.15, 0.2) is 15.3 Å². The minimum Gasteiger partial charge on any atom is -0.487 e. The summed E-state index contributed by atoms with van der Waals surface area (Å²) in [5.41, 5.74) is 2.54. The van der Waals surface area contributed by atoms with Crippen LogP contribution < -0.4 is 20.4 Å². The van der Waals surface area contributed by atoms with Crippen LogP contribution in [-0.2, 0) is 24.1 Å². The van der Waals surface area contributed by atoms with Crippen molar-refractivity contribution in [3.63, 3.8) is 0 Å². The molecular formula is C23H29NO6. The van der Waals surface area contributed by atoms with Gasteiger partial charge in [-0.3, -0.25) is 4.79 Å². The van der Waals surface area contributed by atoms with Gasteiger partial charge in [0.1, 0.15) is 22.7 Å². The third-order valence-corrected chi connectivity index (χ3v) is 5.90. The highest BCUT2D eigenvalue weighted by molar-refractivity contribution is 5.92. The summed E-state index contributed by atoms with van der Waals surface area (Å²) in [6, 6.07) is 1.84. The molecular weight excluding hydrogens is 386 g/mol. The molecule has 0 bridgehead atoms. The molecule has 1 aliphatic carbocycles. The van der Waals surface area contributed by atoms with E-state index < -0.39 is 0 Å². The van der Waals surface area contributed by atoms with E-state index in [4.69, 9.17) is 19.0 Å². The Morgan fingerprint density at radius 2 is 1.97 bits per heavy atom. The molecule has 0 saturated heterocycles. The number of aliphatic hydroxyl groups is 1. The van der Waals surface area contributed by atoms with E-state index >= 15 is 0 Å². The summed E-state index contributed by atoms with van der Waals surface area (Å²) < 4.78 is 17.9. The number of amides is 1. The monoisotopic (exact) mass is 415 g/mol. The molecule has 0 spiro atoms. The first kappa shape index (κ1) is 20.7. The van der Waals surface area contributed by atoms with Crippen molar-refractivity contribution in [2.24, 2.45) is 0 Å². The van der Waals surface area contributed by atoms with Gasteiger partial charge in [-0.2, -0.15) is 0 Å². The van der Waals surface area contributed by atoms with E-state index in [-0.39, 0.29) is 30.3 Å². The third-order valence-electron chi connectivity index (χ3n) is 5.90. The molecule has 1 amide bonds. The lowest BCUT2D eigenvalue weighted by molar-refractivity contribution is -0.123. The summed E-state index contributed by atoms with van der Waals surface area (Å²) in [6.45, 7) is 4.31. The second-order valence-electron chi connectivity index (χ2n) is 8.69. The molecule has 2 N–H and O–H groups in total. The van der Waals surface area contributed by atoms with Crippen molar-refractivity contribution in [1.82, 2.24) is 5.32 Å². The smallest absolute Gasteiger partial charge is 0.339 e. The maximum atomic E-state index is 12.7. The molecule has 0 unspecified atom stereocenters. The molecule has 1 aromatic heterocycles. The largest absolute Gasteiger partial charge is 0.487 e. The van der Waals surface area contributed by atoms with Crippen molar-refractivity contribution in [1.29, 1.82) is 0 Å². The van der Waals surface area contributed by atoms with Crippen molar-refractivity contribution in [3.05, 3.63) is 33.2 Å². The van der Waals surface area contributed by atoms with Gasteiger partial charge >= 0.3 is 5.63 Å². The quantitative estimate of drug-likeness (QED) is 0.556. The van der Waals surface area contributed by atoms with Crippen molar-refractivity contribution < 1.29 is 23.8 Å². The molecule has 2 aliphatic rings. The third kappa shape index (κ3) is 4.03. The number of carbonyl (C=O) groups excluding carboxylic acids is 1. The fourth-order valence-corrected chi connectivity index (χ4v) is 4.33. The molecule has 2 aromatic rings. The average Bonchev–Trinajstić information content (AvgIpc) is 2.71. The molecule has 0 radical (unpaired) electrons. The molecule has 2 heterocycles. The zero-order chi connectivity index (χ0) is 21.3. The number of hydrogen-bond donors (Lipinski definition) is 2. The highest BCUT2D eigenvalue weighted by Crippen LogP contribution is 2.44. The van der Waals surface area contributed by atoms with Gasteiger partial charge in [0.05, 0.1) is 5.39 Å². The fourth-order valence-electron chi connectivity index (χ4n) is 4.33. The van der Waals surface area contributed by atoms with Crippen LogP contribution in [-0.4, -0.2) is 36.4 Å². The van der Waals surface area contributed by atoms with Crippen molar-refractivity contribution >= 4 is 16.9 Å². The summed E-state index contributed by atoms with van der Waals surface area (Å²) in [7, 11) is 0. The lowest BCUT2D eigenvalue weighted by atomic mass is 9.87. The Labute approximate surface area is 175 Å². The first-order valence-electron chi connectivity index (χ1n) is 10.7. The van der Waals surface area contributed by atoms with Crippen LogP contribution in [0.25, 0.3) is 11.0 Å². The lowest BCUT2D eigenvalue weighted by Gasteiger charge is -2.33. The number of benzene rings is 1. The topological polar surface area (TPSA) is 98.0 Å². The van der Waals surface area contributed by atoms with E-state index in [9.17, 15) is 9.59 Å². The second-order valence-corrected chi connectivity index (χ2v) is 8.69. The summed E-state index contributed by atoms with van der Waals surface area (Å²) in [5.74, 6) is 0.899. The second kappa shape index (κ2) is 8.30. The van der Waals surface area contributed by atoms with E-state index in [1.165, 1.54) is 0 Å². The molecule has 30 heavy (non-hydrogen) atoms. The summed E-state index contributed by atoms with van der Waals surface area (Å²) in [4.78, 5) is 24.8. The molecule has 4 rings (SSSR count). The minimum absolute atomic E-state index is 0.0227. The van der Waals surface area contributed by atoms with Crippen LogP contribution in [0.5, 0.6) is 11.5 Å². The SMILES string of the molecule is CC1(C)CCc2c(cc(OCC(=O)NCCCO)c3c4c(c(=O)oc23)CCCC4)O1. The minimum atomic E-state index is -0.325. The van der Waals surface area contributed by atoms with E-state index in [1.54, 1.807) is 0 Å². The number of rotatable bonds is 6. The van der Waals surface area contributed by atoms with E-state index in [0.29, 0.717) is 36.5 Å². The van der Waals surface area contributed by atoms with Crippen LogP contribution in [0.3, 0.4) is 0 Å². The van der Waals surface area contributed by atoms with E-state index in [0.717, 1.165) is 54.2 Å². The average molecular weight is 415 g/mol.